The second-order valence-electron chi connectivity index (χ2n) is 9.47. The van der Waals surface area contributed by atoms with Crippen molar-refractivity contribution in [3.8, 4) is 28.5 Å². The van der Waals surface area contributed by atoms with Crippen LogP contribution in [0.15, 0.2) is 102 Å². The molecular formula is C33H30ClN6O5PtS2-. The van der Waals surface area contributed by atoms with E-state index in [9.17, 15) is 5.11 Å². The fourth-order valence-electron chi connectivity index (χ4n) is 4.44. The van der Waals surface area contributed by atoms with Crippen LogP contribution in [0.5, 0.6) is 5.75 Å². The Morgan fingerprint density at radius 2 is 1.50 bits per heavy atom. The summed E-state index contributed by atoms with van der Waals surface area (Å²) in [4.78, 5) is 28.3. The third kappa shape index (κ3) is 11.0. The summed E-state index contributed by atoms with van der Waals surface area (Å²) in [6.45, 7) is 0.619. The standard InChI is InChI=1S/C31H24ClN5OS.C2H5OS.H2NO3.Pt/c1-38-21-9-11-25-24(17-21)31(23-10-8-20(32)16-28(23)36-25)35-14-15-39-22-18-29(26-6-2-4-12-33-26)37-30(19-22)27-7-3-5-13-34-27;3-1-2-4;2-1(3)4;/h2-13,16-19H,14-15H2,1H3,(H,35,36);4H,1-2H2;(H2,2,3,4);/q;-1;+1;/p-1. The van der Waals surface area contributed by atoms with Gasteiger partial charge in [-0.1, -0.05) is 23.7 Å². The van der Waals surface area contributed by atoms with Crippen LogP contribution in [0.2, 0.25) is 5.02 Å². The molecule has 0 amide bonds. The molecule has 0 unspecified atom stereocenters. The molecule has 2 aromatic carbocycles. The van der Waals surface area contributed by atoms with Crippen LogP contribution in [0.25, 0.3) is 44.6 Å². The summed E-state index contributed by atoms with van der Waals surface area (Å²) >= 11 is 12.3. The Balaban J connectivity index is 0.000000628. The molecule has 0 aliphatic heterocycles. The minimum absolute atomic E-state index is 0. The normalized spacial score (nSPS) is 10.2. The van der Waals surface area contributed by atoms with Crippen molar-refractivity contribution in [3.05, 3.63) is 107 Å². The number of halogens is 1. The van der Waals surface area contributed by atoms with Crippen LogP contribution in [0.4, 0.5) is 5.69 Å². The second-order valence-corrected chi connectivity index (χ2v) is 11.5. The molecule has 252 valence electrons. The number of benzene rings is 2. The average molecular weight is 885 g/mol. The maximum atomic E-state index is 9.19. The molecular weight excluding hydrogens is 855 g/mol. The molecule has 0 saturated heterocycles. The van der Waals surface area contributed by atoms with E-state index in [2.05, 4.69) is 40.0 Å². The van der Waals surface area contributed by atoms with Crippen molar-refractivity contribution in [2.75, 3.05) is 37.1 Å². The molecule has 0 atom stereocenters. The van der Waals surface area contributed by atoms with Crippen LogP contribution in [-0.2, 0) is 33.7 Å². The predicted octanol–water partition coefficient (Wildman–Crippen LogP) is 6.21. The van der Waals surface area contributed by atoms with Gasteiger partial charge in [-0.2, -0.15) is 12.4 Å². The Labute approximate surface area is 306 Å². The van der Waals surface area contributed by atoms with E-state index in [-0.39, 0.29) is 27.7 Å². The molecule has 0 bridgehead atoms. The number of hydrogen-bond donors (Lipinski definition) is 3. The van der Waals surface area contributed by atoms with Gasteiger partial charge in [0.25, 0.3) is 0 Å². The summed E-state index contributed by atoms with van der Waals surface area (Å²) in [5.74, 6) is 1.96. The quantitative estimate of drug-likeness (QED) is 0.0497. The number of hydrogen-bond acceptors (Lipinski definition) is 10. The van der Waals surface area contributed by atoms with Crippen molar-refractivity contribution >= 4 is 63.5 Å². The third-order valence-corrected chi connectivity index (χ3v) is 7.73. The van der Waals surface area contributed by atoms with Gasteiger partial charge >= 0.3 is 5.09 Å². The number of methoxy groups -OCH3 is 1. The Bertz CT molecular complexity index is 1870. The van der Waals surface area contributed by atoms with Gasteiger partial charge in [-0.05, 0) is 72.8 Å². The first kappa shape index (κ1) is 38.4. The molecule has 6 aromatic rings. The van der Waals surface area contributed by atoms with E-state index in [4.69, 9.17) is 41.6 Å². The average Bonchev–Trinajstić information content (AvgIpc) is 3.10. The summed E-state index contributed by atoms with van der Waals surface area (Å²) in [5.41, 5.74) is 6.06. The van der Waals surface area contributed by atoms with Crippen molar-refractivity contribution in [3.63, 3.8) is 0 Å². The first-order valence-corrected chi connectivity index (χ1v) is 16.1. The van der Waals surface area contributed by atoms with Gasteiger partial charge in [0, 0.05) is 66.4 Å². The monoisotopic (exact) mass is 884 g/mol. The molecule has 11 nitrogen and oxygen atoms in total. The first-order valence-electron chi connectivity index (χ1n) is 14.1. The third-order valence-electron chi connectivity index (χ3n) is 6.35. The molecule has 6 rings (SSSR count). The zero-order chi connectivity index (χ0) is 33.6. The summed E-state index contributed by atoms with van der Waals surface area (Å²) in [6.07, 6.45) is 3.57. The first-order chi connectivity index (χ1) is 22.8. The van der Waals surface area contributed by atoms with Gasteiger partial charge in [0.05, 0.1) is 46.6 Å². The predicted molar refractivity (Wildman–Crippen MR) is 185 cm³/mol. The van der Waals surface area contributed by atoms with Gasteiger partial charge in [-0.3, -0.25) is 9.97 Å². The van der Waals surface area contributed by atoms with Gasteiger partial charge in [0.2, 0.25) is 0 Å². The number of nitrogens with one attached hydrogen (secondary N) is 1. The van der Waals surface area contributed by atoms with Crippen molar-refractivity contribution in [2.24, 2.45) is 0 Å². The Morgan fingerprint density at radius 3 is 2.04 bits per heavy atom. The van der Waals surface area contributed by atoms with Crippen molar-refractivity contribution in [1.29, 1.82) is 0 Å². The molecule has 0 saturated carbocycles. The number of nitrogens with zero attached hydrogens (tertiary/aromatic N) is 5. The number of ether oxygens (including phenoxy) is 1. The van der Waals surface area contributed by atoms with E-state index in [1.165, 1.54) is 0 Å². The van der Waals surface area contributed by atoms with E-state index < -0.39 is 5.09 Å². The molecule has 0 aliphatic carbocycles. The molecule has 0 spiro atoms. The van der Waals surface area contributed by atoms with E-state index in [1.54, 1.807) is 31.3 Å². The van der Waals surface area contributed by atoms with E-state index in [0.29, 0.717) is 10.8 Å². The minimum Gasteiger partial charge on any atom is -0.856 e. The Morgan fingerprint density at radius 1 is 0.875 bits per heavy atom. The van der Waals surface area contributed by atoms with Crippen LogP contribution in [-0.4, -0.2) is 67.2 Å². The number of fused-ring (bicyclic) bond motifs is 2. The van der Waals surface area contributed by atoms with Crippen molar-refractivity contribution < 1.29 is 46.4 Å². The van der Waals surface area contributed by atoms with E-state index in [1.807, 2.05) is 72.8 Å². The molecule has 3 N–H and O–H groups in total. The maximum Gasteiger partial charge on any atom is 0.472 e. The smallest absolute Gasteiger partial charge is 0.472 e. The fourth-order valence-corrected chi connectivity index (χ4v) is 5.43. The molecule has 15 heteroatoms. The topological polar surface area (TPSA) is 156 Å². The number of thioether (sulfide) groups is 1. The van der Waals surface area contributed by atoms with E-state index in [0.717, 1.165) is 73.2 Å². The van der Waals surface area contributed by atoms with Crippen LogP contribution < -0.4 is 15.2 Å². The number of anilines is 1. The van der Waals surface area contributed by atoms with Crippen molar-refractivity contribution in [1.82, 2.24) is 19.9 Å². The number of aromatic nitrogens is 4. The molecule has 0 radical (unpaired) electrons. The Hall–Kier alpha value is -4.00. The zero-order valence-corrected chi connectivity index (χ0v) is 30.1. The molecule has 4 aromatic heterocycles. The van der Waals surface area contributed by atoms with Crippen LogP contribution in [0, 0.1) is 4.91 Å². The maximum absolute atomic E-state index is 9.19. The molecule has 0 aliphatic rings. The number of pyridine rings is 4. The second kappa shape index (κ2) is 19.7. The fraction of sp³-hybridized carbons (Fsp3) is 0.152. The SMILES string of the molecule is COc1ccc2nc3cc(Cl)ccc3c(NCCSc3cc(-c4ccccn4)nc(-c4ccccn4)c3)c2c1.O=[N+](O)O.[O-]CC[S-].[Pt]. The molecule has 48 heavy (non-hydrogen) atoms. The van der Waals surface area contributed by atoms with Crippen molar-refractivity contribution in [2.45, 2.75) is 4.90 Å². The zero-order valence-electron chi connectivity index (χ0n) is 25.4. The summed E-state index contributed by atoms with van der Waals surface area (Å²) < 4.78 is 5.49. The number of rotatable bonds is 9. The summed E-state index contributed by atoms with van der Waals surface area (Å²) in [7, 11) is 1.67. The summed E-state index contributed by atoms with van der Waals surface area (Å²) in [6, 6.07) is 27.6. The Kier molecular flexibility index (Phi) is 15.8. The van der Waals surface area contributed by atoms with Gasteiger partial charge in [0.1, 0.15) is 10.7 Å². The molecule has 4 heterocycles. The van der Waals surface area contributed by atoms with Crippen LogP contribution in [0.3, 0.4) is 0 Å². The van der Waals surface area contributed by atoms with Gasteiger partial charge in [-0.25, -0.2) is 20.4 Å². The van der Waals surface area contributed by atoms with E-state index >= 15 is 0 Å². The minimum atomic E-state index is -1.25. The van der Waals surface area contributed by atoms with Gasteiger partial charge < -0.3 is 27.8 Å². The van der Waals surface area contributed by atoms with Crippen LogP contribution in [0.1, 0.15) is 0 Å². The molecule has 0 fully saturated rings. The van der Waals surface area contributed by atoms with Crippen LogP contribution >= 0.6 is 23.4 Å². The van der Waals surface area contributed by atoms with Gasteiger partial charge in [0.15, 0.2) is 0 Å². The van der Waals surface area contributed by atoms with Gasteiger partial charge in [-0.15, -0.1) is 11.8 Å². The largest absolute Gasteiger partial charge is 0.856 e. The summed E-state index contributed by atoms with van der Waals surface area (Å²) in [5, 5.41) is 28.1.